The van der Waals surface area contributed by atoms with Gasteiger partial charge in [-0.1, -0.05) is 17.7 Å². The highest BCUT2D eigenvalue weighted by Crippen LogP contribution is 2.28. The molecule has 1 N–H and O–H groups in total. The fourth-order valence-corrected chi connectivity index (χ4v) is 6.03. The fourth-order valence-electron chi connectivity index (χ4n) is 2.26. The highest BCUT2D eigenvalue weighted by atomic mass is 35.5. The van der Waals surface area contributed by atoms with Crippen LogP contribution in [-0.2, 0) is 26.5 Å². The number of rotatable bonds is 4. The van der Waals surface area contributed by atoms with Gasteiger partial charge in [0.1, 0.15) is 4.90 Å². The zero-order valence-electron chi connectivity index (χ0n) is 11.4. The Kier molecular flexibility index (Phi) is 4.65. The van der Waals surface area contributed by atoms with Crippen LogP contribution < -0.4 is 0 Å². The maximum atomic E-state index is 12.6. The molecular weight excluding hydrogens is 338 g/mol. The number of sulfonamides is 1. The van der Waals surface area contributed by atoms with E-state index in [0.29, 0.717) is 5.56 Å². The fraction of sp³-hybridized carbons (Fsp3) is 0.500. The van der Waals surface area contributed by atoms with E-state index in [4.69, 9.17) is 16.7 Å². The highest BCUT2D eigenvalue weighted by molar-refractivity contribution is 7.92. The van der Waals surface area contributed by atoms with E-state index < -0.39 is 25.9 Å². The smallest absolute Gasteiger partial charge is 0.244 e. The van der Waals surface area contributed by atoms with Gasteiger partial charge in [-0.15, -0.1) is 0 Å². The van der Waals surface area contributed by atoms with E-state index in [1.807, 2.05) is 0 Å². The Balaban J connectivity index is 2.38. The molecule has 118 valence electrons. The molecule has 1 saturated heterocycles. The molecule has 9 heteroatoms. The molecule has 1 heterocycles. The van der Waals surface area contributed by atoms with Gasteiger partial charge in [-0.3, -0.25) is 0 Å². The van der Waals surface area contributed by atoms with Crippen molar-refractivity contribution in [3.05, 3.63) is 28.8 Å². The van der Waals surface area contributed by atoms with Crippen LogP contribution in [0.3, 0.4) is 0 Å². The monoisotopic (exact) mass is 353 g/mol. The lowest BCUT2D eigenvalue weighted by molar-refractivity contribution is 0.281. The average Bonchev–Trinajstić information content (AvgIpc) is 2.78. The minimum absolute atomic E-state index is 0.0120. The lowest BCUT2D eigenvalue weighted by Crippen LogP contribution is -2.37. The van der Waals surface area contributed by atoms with Crippen molar-refractivity contribution in [1.82, 2.24) is 4.31 Å². The van der Waals surface area contributed by atoms with Gasteiger partial charge in [0, 0.05) is 13.1 Å². The van der Waals surface area contributed by atoms with Crippen molar-refractivity contribution in [2.45, 2.75) is 24.0 Å². The summed E-state index contributed by atoms with van der Waals surface area (Å²) in [6.07, 6.45) is 0.273. The molecule has 1 aromatic carbocycles. The molecule has 0 spiro atoms. The molecule has 0 saturated carbocycles. The van der Waals surface area contributed by atoms with E-state index in [-0.39, 0.29) is 34.5 Å². The number of nitrogens with zero attached hydrogens (tertiary/aromatic N) is 1. The summed E-state index contributed by atoms with van der Waals surface area (Å²) in [6, 6.07) is 3.65. The van der Waals surface area contributed by atoms with Gasteiger partial charge in [0.05, 0.1) is 23.1 Å². The van der Waals surface area contributed by atoms with Gasteiger partial charge in [-0.25, -0.2) is 16.8 Å². The van der Waals surface area contributed by atoms with Crippen LogP contribution in [0.15, 0.2) is 23.1 Å². The van der Waals surface area contributed by atoms with Crippen molar-refractivity contribution >= 4 is 31.5 Å². The standard InChI is InChI=1S/C12H16ClNO5S2/c1-14(10-4-5-20(16,17)8-10)21(18,19)12-6-9(7-15)2-3-11(12)13/h2-3,6,10,15H,4-5,7-8H2,1H3. The number of aliphatic hydroxyl groups is 1. The van der Waals surface area contributed by atoms with Crippen LogP contribution in [0, 0.1) is 0 Å². The zero-order chi connectivity index (χ0) is 15.8. The summed E-state index contributed by atoms with van der Waals surface area (Å²) in [5.74, 6) is -0.192. The summed E-state index contributed by atoms with van der Waals surface area (Å²) >= 11 is 5.94. The Morgan fingerprint density at radius 2 is 2.10 bits per heavy atom. The van der Waals surface area contributed by atoms with Gasteiger partial charge in [0.2, 0.25) is 10.0 Å². The number of hydrogen-bond acceptors (Lipinski definition) is 5. The van der Waals surface area contributed by atoms with E-state index in [2.05, 4.69) is 0 Å². The summed E-state index contributed by atoms with van der Waals surface area (Å²) in [5.41, 5.74) is 0.422. The van der Waals surface area contributed by atoms with Gasteiger partial charge in [0.25, 0.3) is 0 Å². The van der Waals surface area contributed by atoms with E-state index in [1.165, 1.54) is 25.2 Å². The third-order valence-electron chi connectivity index (χ3n) is 3.56. The van der Waals surface area contributed by atoms with Crippen molar-refractivity contribution < 1.29 is 21.9 Å². The first-order valence-corrected chi connectivity index (χ1v) is 9.89. The maximum Gasteiger partial charge on any atom is 0.244 e. The minimum atomic E-state index is -3.91. The van der Waals surface area contributed by atoms with Gasteiger partial charge in [0.15, 0.2) is 9.84 Å². The third kappa shape index (κ3) is 3.40. The number of benzene rings is 1. The molecule has 1 aliphatic rings. The lowest BCUT2D eigenvalue weighted by Gasteiger charge is -2.23. The SMILES string of the molecule is CN(C1CCS(=O)(=O)C1)S(=O)(=O)c1cc(CO)ccc1Cl. The third-order valence-corrected chi connectivity index (χ3v) is 7.70. The second-order valence-corrected chi connectivity index (χ2v) is 9.60. The predicted molar refractivity (Wildman–Crippen MR) is 79.4 cm³/mol. The van der Waals surface area contributed by atoms with Gasteiger partial charge in [-0.05, 0) is 24.1 Å². The lowest BCUT2D eigenvalue weighted by atomic mass is 10.2. The van der Waals surface area contributed by atoms with E-state index >= 15 is 0 Å². The summed E-state index contributed by atoms with van der Waals surface area (Å²) in [5, 5.41) is 9.15. The molecule has 0 bridgehead atoms. The number of aliphatic hydroxyl groups excluding tert-OH is 1. The van der Waals surface area contributed by atoms with Gasteiger partial charge < -0.3 is 5.11 Å². The second-order valence-electron chi connectivity index (χ2n) is 5.00. The highest BCUT2D eigenvalue weighted by Gasteiger charge is 2.37. The zero-order valence-corrected chi connectivity index (χ0v) is 13.7. The average molecular weight is 354 g/mol. The largest absolute Gasteiger partial charge is 0.392 e. The molecule has 0 aliphatic carbocycles. The quantitative estimate of drug-likeness (QED) is 0.857. The van der Waals surface area contributed by atoms with Crippen molar-refractivity contribution in [2.75, 3.05) is 18.6 Å². The second kappa shape index (κ2) is 5.85. The number of sulfone groups is 1. The van der Waals surface area contributed by atoms with Gasteiger partial charge >= 0.3 is 0 Å². The van der Waals surface area contributed by atoms with Crippen LogP contribution in [0.2, 0.25) is 5.02 Å². The van der Waals surface area contributed by atoms with Crippen molar-refractivity contribution in [1.29, 1.82) is 0 Å². The Bertz CT molecular complexity index is 745. The predicted octanol–water partition coefficient (Wildman–Crippen LogP) is 0.640. The first-order valence-electron chi connectivity index (χ1n) is 6.25. The molecule has 1 aliphatic heterocycles. The Hall–Kier alpha value is -0.670. The number of halogens is 1. The van der Waals surface area contributed by atoms with Crippen LogP contribution >= 0.6 is 11.6 Å². The Morgan fingerprint density at radius 1 is 1.43 bits per heavy atom. The van der Waals surface area contributed by atoms with Crippen LogP contribution in [0.25, 0.3) is 0 Å². The molecule has 1 aromatic rings. The summed E-state index contributed by atoms with van der Waals surface area (Å²) < 4.78 is 49.2. The topological polar surface area (TPSA) is 91.8 Å². The van der Waals surface area contributed by atoms with E-state index in [9.17, 15) is 16.8 Å². The Morgan fingerprint density at radius 3 is 2.62 bits per heavy atom. The molecule has 21 heavy (non-hydrogen) atoms. The van der Waals surface area contributed by atoms with Crippen molar-refractivity contribution in [2.24, 2.45) is 0 Å². The molecule has 0 amide bonds. The normalized spacial score (nSPS) is 21.8. The molecule has 6 nitrogen and oxygen atoms in total. The molecule has 1 fully saturated rings. The molecule has 1 atom stereocenters. The first-order chi connectivity index (χ1) is 9.67. The van der Waals surface area contributed by atoms with Crippen LogP contribution in [-0.4, -0.2) is 50.8 Å². The molecule has 1 unspecified atom stereocenters. The van der Waals surface area contributed by atoms with Crippen molar-refractivity contribution in [3.63, 3.8) is 0 Å². The molecule has 0 radical (unpaired) electrons. The summed E-state index contributed by atoms with van der Waals surface area (Å²) in [7, 11) is -5.75. The molecular formula is C12H16ClNO5S2. The minimum Gasteiger partial charge on any atom is -0.392 e. The molecule has 2 rings (SSSR count). The van der Waals surface area contributed by atoms with E-state index in [1.54, 1.807) is 0 Å². The maximum absolute atomic E-state index is 12.6. The summed E-state index contributed by atoms with van der Waals surface area (Å²) in [4.78, 5) is -0.123. The van der Waals surface area contributed by atoms with Crippen LogP contribution in [0.1, 0.15) is 12.0 Å². The van der Waals surface area contributed by atoms with Gasteiger partial charge in [-0.2, -0.15) is 4.31 Å². The van der Waals surface area contributed by atoms with Crippen LogP contribution in [0.5, 0.6) is 0 Å². The number of hydrogen-bond donors (Lipinski definition) is 1. The Labute approximate surface area is 129 Å². The van der Waals surface area contributed by atoms with Crippen LogP contribution in [0.4, 0.5) is 0 Å². The van der Waals surface area contributed by atoms with Crippen molar-refractivity contribution in [3.8, 4) is 0 Å². The first kappa shape index (κ1) is 16.7. The summed E-state index contributed by atoms with van der Waals surface area (Å²) in [6.45, 7) is -0.304. The van der Waals surface area contributed by atoms with E-state index in [0.717, 1.165) is 4.31 Å². The molecule has 0 aromatic heterocycles.